The SMILES string of the molecule is CC(C)(C)OC(=O)Nc1cc2onc(CS(=O)(=O)C3=NOC(C)(C)C3)c2cc1F. The maximum atomic E-state index is 14.5. The number of sulfone groups is 1. The van der Waals surface area contributed by atoms with Gasteiger partial charge in [-0.2, -0.15) is 0 Å². The molecule has 1 N–H and O–H groups in total. The van der Waals surface area contributed by atoms with Gasteiger partial charge >= 0.3 is 6.09 Å². The summed E-state index contributed by atoms with van der Waals surface area (Å²) in [6.07, 6.45) is -0.705. The van der Waals surface area contributed by atoms with E-state index in [9.17, 15) is 17.6 Å². The van der Waals surface area contributed by atoms with Gasteiger partial charge in [0.2, 0.25) is 9.84 Å². The Kier molecular flexibility index (Phi) is 5.06. The molecule has 0 unspecified atom stereocenters. The first-order valence-electron chi connectivity index (χ1n) is 8.81. The molecule has 2 heterocycles. The van der Waals surface area contributed by atoms with E-state index in [1.807, 2.05) is 0 Å². The number of carbonyl (C=O) groups excluding carboxylic acids is 1. The van der Waals surface area contributed by atoms with Gasteiger partial charge in [0.15, 0.2) is 10.6 Å². The van der Waals surface area contributed by atoms with Gasteiger partial charge in [-0.15, -0.1) is 0 Å². The summed E-state index contributed by atoms with van der Waals surface area (Å²) >= 11 is 0. The first kappa shape index (κ1) is 21.0. The number of aromatic nitrogens is 1. The van der Waals surface area contributed by atoms with E-state index in [4.69, 9.17) is 14.1 Å². The monoisotopic (exact) mass is 427 g/mol. The number of nitrogens with one attached hydrogen (secondary N) is 1. The number of anilines is 1. The third-order valence-corrected chi connectivity index (χ3v) is 5.52. The van der Waals surface area contributed by atoms with Gasteiger partial charge in [0.1, 0.15) is 28.5 Å². The van der Waals surface area contributed by atoms with Gasteiger partial charge < -0.3 is 14.1 Å². The van der Waals surface area contributed by atoms with Gasteiger partial charge in [0, 0.05) is 17.9 Å². The molecule has 0 aliphatic carbocycles. The quantitative estimate of drug-likeness (QED) is 0.792. The van der Waals surface area contributed by atoms with Crippen molar-refractivity contribution in [1.82, 2.24) is 5.16 Å². The van der Waals surface area contributed by atoms with Crippen molar-refractivity contribution in [1.29, 1.82) is 0 Å². The molecular weight excluding hydrogens is 405 g/mol. The lowest BCUT2D eigenvalue weighted by Crippen LogP contribution is -2.27. The summed E-state index contributed by atoms with van der Waals surface area (Å²) in [6.45, 7) is 8.47. The van der Waals surface area contributed by atoms with Crippen molar-refractivity contribution in [2.45, 2.75) is 58.0 Å². The van der Waals surface area contributed by atoms with Crippen LogP contribution in [0.3, 0.4) is 0 Å². The summed E-state index contributed by atoms with van der Waals surface area (Å²) in [4.78, 5) is 17.0. The second-order valence-electron chi connectivity index (χ2n) is 8.36. The van der Waals surface area contributed by atoms with Crippen molar-refractivity contribution in [2.24, 2.45) is 5.16 Å². The Bertz CT molecular complexity index is 1100. The molecule has 0 spiro atoms. The molecule has 29 heavy (non-hydrogen) atoms. The van der Waals surface area contributed by atoms with E-state index < -0.39 is 38.7 Å². The fourth-order valence-corrected chi connectivity index (χ4v) is 4.11. The van der Waals surface area contributed by atoms with Gasteiger partial charge in [-0.05, 0) is 40.7 Å². The molecule has 9 nitrogen and oxygen atoms in total. The van der Waals surface area contributed by atoms with Crippen molar-refractivity contribution >= 4 is 37.6 Å². The second kappa shape index (κ2) is 6.97. The summed E-state index contributed by atoms with van der Waals surface area (Å²) in [7, 11) is -3.82. The summed E-state index contributed by atoms with van der Waals surface area (Å²) < 4.78 is 49.9. The van der Waals surface area contributed by atoms with Crippen LogP contribution in [0.4, 0.5) is 14.9 Å². The lowest BCUT2D eigenvalue weighted by Gasteiger charge is -2.19. The Morgan fingerprint density at radius 3 is 2.62 bits per heavy atom. The molecule has 11 heteroatoms. The molecule has 158 valence electrons. The molecule has 3 rings (SSSR count). The molecule has 1 aromatic heterocycles. The number of nitrogens with zero attached hydrogens (tertiary/aromatic N) is 2. The number of amides is 1. The number of hydrogen-bond donors (Lipinski definition) is 1. The fourth-order valence-electron chi connectivity index (χ4n) is 2.65. The van der Waals surface area contributed by atoms with Crippen molar-refractivity contribution in [2.75, 3.05) is 5.32 Å². The van der Waals surface area contributed by atoms with Gasteiger partial charge in [-0.3, -0.25) is 5.32 Å². The number of fused-ring (bicyclic) bond motifs is 1. The number of carbonyl (C=O) groups is 1. The number of rotatable bonds is 3. The summed E-state index contributed by atoms with van der Waals surface area (Å²) in [5.74, 6) is -1.30. The zero-order valence-electron chi connectivity index (χ0n) is 16.7. The predicted octanol–water partition coefficient (Wildman–Crippen LogP) is 3.74. The number of benzene rings is 1. The van der Waals surface area contributed by atoms with E-state index in [0.29, 0.717) is 0 Å². The van der Waals surface area contributed by atoms with Crippen LogP contribution in [0.2, 0.25) is 0 Å². The highest BCUT2D eigenvalue weighted by Crippen LogP contribution is 2.30. The van der Waals surface area contributed by atoms with Gasteiger partial charge in [-0.25, -0.2) is 17.6 Å². The van der Waals surface area contributed by atoms with E-state index in [1.54, 1.807) is 34.6 Å². The number of ether oxygens (including phenoxy) is 1. The molecule has 1 aliphatic heterocycles. The first-order chi connectivity index (χ1) is 13.3. The Hall–Kier alpha value is -2.69. The van der Waals surface area contributed by atoms with Gasteiger partial charge in [0.25, 0.3) is 0 Å². The smallest absolute Gasteiger partial charge is 0.412 e. The van der Waals surface area contributed by atoms with Crippen LogP contribution in [0.1, 0.15) is 46.7 Å². The van der Waals surface area contributed by atoms with Crippen molar-refractivity contribution in [3.8, 4) is 0 Å². The largest absolute Gasteiger partial charge is 0.444 e. The second-order valence-corrected chi connectivity index (χ2v) is 10.3. The van der Waals surface area contributed by atoms with Gasteiger partial charge in [-0.1, -0.05) is 10.3 Å². The Morgan fingerprint density at radius 1 is 1.34 bits per heavy atom. The average molecular weight is 427 g/mol. The predicted molar refractivity (Wildman–Crippen MR) is 104 cm³/mol. The lowest BCUT2D eigenvalue weighted by atomic mass is 10.1. The van der Waals surface area contributed by atoms with Crippen LogP contribution in [0.5, 0.6) is 0 Å². The summed E-state index contributed by atoms with van der Waals surface area (Å²) in [5.41, 5.74) is -1.47. The minimum atomic E-state index is -3.82. The zero-order chi connectivity index (χ0) is 21.6. The molecule has 0 radical (unpaired) electrons. The van der Waals surface area contributed by atoms with E-state index in [1.165, 1.54) is 6.07 Å². The highest BCUT2D eigenvalue weighted by molar-refractivity contribution is 8.05. The molecule has 2 aromatic rings. The molecule has 0 saturated carbocycles. The molecule has 0 bridgehead atoms. The van der Waals surface area contributed by atoms with Crippen LogP contribution < -0.4 is 5.32 Å². The summed E-state index contributed by atoms with van der Waals surface area (Å²) in [5, 5.41) is 9.77. The van der Waals surface area contributed by atoms with E-state index in [-0.39, 0.29) is 33.8 Å². The van der Waals surface area contributed by atoms with Crippen molar-refractivity contribution < 1.29 is 31.7 Å². The molecule has 0 atom stereocenters. The minimum absolute atomic E-state index is 0.0372. The van der Waals surface area contributed by atoms with E-state index >= 15 is 0 Å². The highest BCUT2D eigenvalue weighted by Gasteiger charge is 2.36. The number of halogens is 1. The molecule has 0 fully saturated rings. The van der Waals surface area contributed by atoms with E-state index in [0.717, 1.165) is 6.07 Å². The zero-order valence-corrected chi connectivity index (χ0v) is 17.5. The third-order valence-electron chi connectivity index (χ3n) is 3.93. The topological polar surface area (TPSA) is 120 Å². The lowest BCUT2D eigenvalue weighted by molar-refractivity contribution is 0.0123. The molecule has 1 amide bonds. The van der Waals surface area contributed by atoms with Crippen molar-refractivity contribution in [3.05, 3.63) is 23.6 Å². The maximum Gasteiger partial charge on any atom is 0.412 e. The van der Waals surface area contributed by atoms with Crippen molar-refractivity contribution in [3.63, 3.8) is 0 Å². The van der Waals surface area contributed by atoms with Gasteiger partial charge in [0.05, 0.1) is 5.69 Å². The normalized spacial score (nSPS) is 16.4. The van der Waals surface area contributed by atoms with Crippen LogP contribution in [0, 0.1) is 5.82 Å². The Balaban J connectivity index is 1.84. The molecule has 0 saturated heterocycles. The number of hydrogen-bond acceptors (Lipinski definition) is 8. The standard InChI is InChI=1S/C18H22FN3O6S/c1-17(2,3)26-16(23)20-12-7-14-10(6-11(12)19)13(21-27-14)9-29(24,25)15-8-18(4,5)28-22-15/h6-7H,8-9H2,1-5H3,(H,20,23). The summed E-state index contributed by atoms with van der Waals surface area (Å²) in [6, 6.07) is 2.28. The molecular formula is C18H22FN3O6S. The third kappa shape index (κ3) is 4.84. The van der Waals surface area contributed by atoms with Crippen LogP contribution in [0.15, 0.2) is 21.8 Å². The van der Waals surface area contributed by atoms with Crippen LogP contribution in [0.25, 0.3) is 11.0 Å². The number of oxime groups is 1. The van der Waals surface area contributed by atoms with Crippen LogP contribution >= 0.6 is 0 Å². The fraction of sp³-hybridized carbons (Fsp3) is 0.500. The Morgan fingerprint density at radius 2 is 2.03 bits per heavy atom. The Labute approximate surface area is 167 Å². The molecule has 1 aromatic carbocycles. The first-order valence-corrected chi connectivity index (χ1v) is 10.5. The maximum absolute atomic E-state index is 14.5. The highest BCUT2D eigenvalue weighted by atomic mass is 32.2. The minimum Gasteiger partial charge on any atom is -0.444 e. The van der Waals surface area contributed by atoms with E-state index in [2.05, 4.69) is 15.6 Å². The molecule has 1 aliphatic rings. The van der Waals surface area contributed by atoms with Crippen LogP contribution in [-0.4, -0.2) is 35.9 Å². The average Bonchev–Trinajstić information content (AvgIpc) is 3.09. The van der Waals surface area contributed by atoms with Crippen LogP contribution in [-0.2, 0) is 25.2 Å².